The zero-order chi connectivity index (χ0) is 11.4. The largest absolute Gasteiger partial charge is 0.392 e. The fraction of sp³-hybridized carbons (Fsp3) is 1.00. The summed E-state index contributed by atoms with van der Waals surface area (Å²) in [6.45, 7) is 5.40. The molecule has 2 fully saturated rings. The van der Waals surface area contributed by atoms with E-state index in [1.807, 2.05) is 0 Å². The van der Waals surface area contributed by atoms with E-state index in [2.05, 4.69) is 17.1 Å². The molecule has 0 bridgehead atoms. The molecule has 3 heteroatoms. The second kappa shape index (κ2) is 5.99. The summed E-state index contributed by atoms with van der Waals surface area (Å²) >= 11 is 0. The highest BCUT2D eigenvalue weighted by atomic mass is 16.3. The second-order valence-electron chi connectivity index (χ2n) is 5.35. The summed E-state index contributed by atoms with van der Waals surface area (Å²) in [6.07, 6.45) is 7.35. The highest BCUT2D eigenvalue weighted by Gasteiger charge is 2.28. The molecule has 1 unspecified atom stereocenters. The Balaban J connectivity index is 1.75. The highest BCUT2D eigenvalue weighted by Crippen LogP contribution is 2.25. The molecule has 0 spiro atoms. The van der Waals surface area contributed by atoms with E-state index in [1.165, 1.54) is 38.6 Å². The Morgan fingerprint density at radius 3 is 2.56 bits per heavy atom. The number of likely N-dealkylation sites (tertiary alicyclic amines) is 1. The summed E-state index contributed by atoms with van der Waals surface area (Å²) in [6, 6.07) is 1.49. The quantitative estimate of drug-likeness (QED) is 0.763. The number of piperidine rings is 1. The Bertz CT molecular complexity index is 202. The zero-order valence-corrected chi connectivity index (χ0v) is 10.5. The van der Waals surface area contributed by atoms with Gasteiger partial charge in [-0.05, 0) is 51.6 Å². The normalized spacial score (nSPS) is 37.5. The van der Waals surface area contributed by atoms with Crippen molar-refractivity contribution in [3.8, 4) is 0 Å². The molecular formula is C13H26N2O. The first-order valence-corrected chi connectivity index (χ1v) is 6.95. The van der Waals surface area contributed by atoms with E-state index >= 15 is 0 Å². The van der Waals surface area contributed by atoms with Gasteiger partial charge in [0.05, 0.1) is 6.10 Å². The fourth-order valence-electron chi connectivity index (χ4n) is 3.25. The van der Waals surface area contributed by atoms with Crippen molar-refractivity contribution >= 4 is 0 Å². The Hall–Kier alpha value is -0.120. The number of β-amino-alcohol motifs (C(OH)–C–C–N with tert-alkyl or cyclic N) is 1. The lowest BCUT2D eigenvalue weighted by atomic mass is 9.89. The maximum Gasteiger partial charge on any atom is 0.0667 e. The zero-order valence-electron chi connectivity index (χ0n) is 10.5. The third kappa shape index (κ3) is 3.19. The van der Waals surface area contributed by atoms with Crippen LogP contribution in [0.4, 0.5) is 0 Å². The molecule has 1 atom stereocenters. The summed E-state index contributed by atoms with van der Waals surface area (Å²) in [5, 5.41) is 13.2. The van der Waals surface area contributed by atoms with Gasteiger partial charge in [-0.15, -0.1) is 0 Å². The van der Waals surface area contributed by atoms with Gasteiger partial charge in [-0.1, -0.05) is 6.92 Å². The molecular weight excluding hydrogens is 200 g/mol. The minimum absolute atomic E-state index is 0.0692. The fourth-order valence-corrected chi connectivity index (χ4v) is 3.25. The number of nitrogens with one attached hydrogen (secondary N) is 1. The van der Waals surface area contributed by atoms with E-state index in [0.717, 1.165) is 31.6 Å². The van der Waals surface area contributed by atoms with E-state index in [9.17, 15) is 5.11 Å². The number of nitrogens with zero attached hydrogens (tertiary/aromatic N) is 1. The first-order valence-electron chi connectivity index (χ1n) is 6.95. The predicted molar refractivity (Wildman–Crippen MR) is 66.5 cm³/mol. The van der Waals surface area contributed by atoms with Crippen LogP contribution in [0.25, 0.3) is 0 Å². The summed E-state index contributed by atoms with van der Waals surface area (Å²) in [7, 11) is 0. The molecule has 1 saturated carbocycles. The van der Waals surface area contributed by atoms with Crippen LogP contribution in [0.5, 0.6) is 0 Å². The maximum absolute atomic E-state index is 9.69. The molecule has 2 rings (SSSR count). The Labute approximate surface area is 99.2 Å². The number of hydrogen-bond acceptors (Lipinski definition) is 3. The van der Waals surface area contributed by atoms with Crippen molar-refractivity contribution in [2.45, 2.75) is 63.6 Å². The number of aliphatic hydroxyl groups excluding tert-OH is 1. The van der Waals surface area contributed by atoms with Gasteiger partial charge in [-0.25, -0.2) is 0 Å². The first-order chi connectivity index (χ1) is 7.79. The van der Waals surface area contributed by atoms with Crippen LogP contribution in [0.2, 0.25) is 0 Å². The summed E-state index contributed by atoms with van der Waals surface area (Å²) < 4.78 is 0. The highest BCUT2D eigenvalue weighted by molar-refractivity contribution is 4.85. The average Bonchev–Trinajstić information content (AvgIpc) is 2.30. The van der Waals surface area contributed by atoms with Crippen LogP contribution in [-0.2, 0) is 0 Å². The lowest BCUT2D eigenvalue weighted by molar-refractivity contribution is 0.0335. The van der Waals surface area contributed by atoms with Gasteiger partial charge in [-0.2, -0.15) is 0 Å². The molecule has 0 amide bonds. The molecule has 94 valence electrons. The van der Waals surface area contributed by atoms with Crippen molar-refractivity contribution in [1.82, 2.24) is 10.2 Å². The number of rotatable bonds is 3. The summed E-state index contributed by atoms with van der Waals surface area (Å²) in [5.41, 5.74) is 0. The van der Waals surface area contributed by atoms with Gasteiger partial charge in [0, 0.05) is 18.6 Å². The molecule has 3 nitrogen and oxygen atoms in total. The smallest absolute Gasteiger partial charge is 0.0667 e. The molecule has 1 saturated heterocycles. The van der Waals surface area contributed by atoms with Crippen molar-refractivity contribution in [3.63, 3.8) is 0 Å². The molecule has 2 aliphatic rings. The van der Waals surface area contributed by atoms with E-state index < -0.39 is 0 Å². The standard InChI is InChI=1S/C13H26N2O/c1-2-14-11-5-7-12(8-6-11)15-9-3-4-13(16)10-15/h11-14,16H,2-10H2,1H3. The average molecular weight is 226 g/mol. The molecule has 1 aliphatic heterocycles. The van der Waals surface area contributed by atoms with Crippen LogP contribution in [0.15, 0.2) is 0 Å². The van der Waals surface area contributed by atoms with E-state index in [1.54, 1.807) is 0 Å². The third-order valence-electron chi connectivity index (χ3n) is 4.13. The molecule has 1 aliphatic carbocycles. The lowest BCUT2D eigenvalue weighted by Gasteiger charge is -2.40. The van der Waals surface area contributed by atoms with E-state index in [4.69, 9.17) is 0 Å². The van der Waals surface area contributed by atoms with E-state index in [0.29, 0.717) is 0 Å². The topological polar surface area (TPSA) is 35.5 Å². The minimum atomic E-state index is -0.0692. The lowest BCUT2D eigenvalue weighted by Crippen LogP contribution is -2.47. The van der Waals surface area contributed by atoms with E-state index in [-0.39, 0.29) is 6.10 Å². The van der Waals surface area contributed by atoms with Crippen molar-refractivity contribution in [3.05, 3.63) is 0 Å². The van der Waals surface area contributed by atoms with Gasteiger partial charge in [0.1, 0.15) is 0 Å². The summed E-state index contributed by atoms with van der Waals surface area (Å²) in [5.74, 6) is 0. The molecule has 16 heavy (non-hydrogen) atoms. The van der Waals surface area contributed by atoms with Gasteiger partial charge in [0.2, 0.25) is 0 Å². The van der Waals surface area contributed by atoms with Crippen molar-refractivity contribution in [2.24, 2.45) is 0 Å². The molecule has 1 heterocycles. The van der Waals surface area contributed by atoms with Crippen molar-refractivity contribution in [2.75, 3.05) is 19.6 Å². The van der Waals surface area contributed by atoms with Crippen LogP contribution < -0.4 is 5.32 Å². The predicted octanol–water partition coefficient (Wildman–Crippen LogP) is 1.36. The third-order valence-corrected chi connectivity index (χ3v) is 4.13. The van der Waals surface area contributed by atoms with Gasteiger partial charge < -0.3 is 10.4 Å². The number of hydrogen-bond donors (Lipinski definition) is 2. The molecule has 0 aromatic heterocycles. The van der Waals surface area contributed by atoms with Crippen LogP contribution in [-0.4, -0.2) is 47.8 Å². The second-order valence-corrected chi connectivity index (χ2v) is 5.35. The maximum atomic E-state index is 9.69. The number of aliphatic hydroxyl groups is 1. The molecule has 2 N–H and O–H groups in total. The van der Waals surface area contributed by atoms with Crippen LogP contribution in [0, 0.1) is 0 Å². The van der Waals surface area contributed by atoms with Gasteiger partial charge >= 0.3 is 0 Å². The monoisotopic (exact) mass is 226 g/mol. The Kier molecular flexibility index (Phi) is 4.62. The SMILES string of the molecule is CCNC1CCC(N2CCCC(O)C2)CC1. The Morgan fingerprint density at radius 1 is 1.19 bits per heavy atom. The molecule has 0 aromatic rings. The molecule has 0 aromatic carbocycles. The van der Waals surface area contributed by atoms with Crippen LogP contribution in [0.1, 0.15) is 45.4 Å². The molecule has 0 radical (unpaired) electrons. The van der Waals surface area contributed by atoms with Crippen LogP contribution >= 0.6 is 0 Å². The van der Waals surface area contributed by atoms with Gasteiger partial charge in [0.25, 0.3) is 0 Å². The van der Waals surface area contributed by atoms with Gasteiger partial charge in [-0.3, -0.25) is 4.90 Å². The van der Waals surface area contributed by atoms with Gasteiger partial charge in [0.15, 0.2) is 0 Å². The first kappa shape index (κ1) is 12.3. The Morgan fingerprint density at radius 2 is 1.94 bits per heavy atom. The van der Waals surface area contributed by atoms with Crippen molar-refractivity contribution < 1.29 is 5.11 Å². The summed E-state index contributed by atoms with van der Waals surface area (Å²) in [4.78, 5) is 2.52. The van der Waals surface area contributed by atoms with Crippen LogP contribution in [0.3, 0.4) is 0 Å². The van der Waals surface area contributed by atoms with Crippen molar-refractivity contribution in [1.29, 1.82) is 0 Å². The minimum Gasteiger partial charge on any atom is -0.392 e.